The molecule has 0 aliphatic carbocycles. The van der Waals surface area contributed by atoms with E-state index in [-0.39, 0.29) is 23.4 Å². The van der Waals surface area contributed by atoms with Crippen LogP contribution in [-0.4, -0.2) is 24.8 Å². The third kappa shape index (κ3) is 7.75. The molecule has 0 aromatic heterocycles. The molecule has 0 radical (unpaired) electrons. The summed E-state index contributed by atoms with van der Waals surface area (Å²) in [4.78, 5) is 0. The fraction of sp³-hybridized carbons (Fsp3) is 0.308. The quantitative estimate of drug-likeness (QED) is 0.235. The highest BCUT2D eigenvalue weighted by atomic mass is 35.5. The molecule has 2 unspecified atom stereocenters. The van der Waals surface area contributed by atoms with Gasteiger partial charge in [0.1, 0.15) is 23.3 Å². The van der Waals surface area contributed by atoms with Crippen LogP contribution in [0.1, 0.15) is 29.7 Å². The van der Waals surface area contributed by atoms with Gasteiger partial charge in [-0.25, -0.2) is 0 Å². The first kappa shape index (κ1) is 29.5. The number of halogens is 8. The lowest BCUT2D eigenvalue weighted by molar-refractivity contribution is -0.253. The highest BCUT2D eigenvalue weighted by Crippen LogP contribution is 2.33. The zero-order valence-corrected chi connectivity index (χ0v) is 20.7. The monoisotopic (exact) mass is 564 g/mol. The predicted molar refractivity (Wildman–Crippen MR) is 129 cm³/mol. The van der Waals surface area contributed by atoms with Crippen molar-refractivity contribution in [2.24, 2.45) is 5.73 Å². The van der Waals surface area contributed by atoms with E-state index in [9.17, 15) is 30.7 Å². The Labute approximate surface area is 219 Å². The maximum atomic E-state index is 13.6. The summed E-state index contributed by atoms with van der Waals surface area (Å²) in [7, 11) is 0. The molecule has 4 nitrogen and oxygen atoms in total. The second-order valence-electron chi connectivity index (χ2n) is 8.32. The average molecular weight is 565 g/mol. The van der Waals surface area contributed by atoms with Crippen LogP contribution in [0.25, 0.3) is 0 Å². The van der Waals surface area contributed by atoms with E-state index in [4.69, 9.17) is 22.1 Å². The molecule has 0 aliphatic heterocycles. The van der Waals surface area contributed by atoms with Gasteiger partial charge in [0.2, 0.25) is 0 Å². The minimum atomic E-state index is -4.79. The van der Waals surface area contributed by atoms with Crippen LogP contribution in [0.15, 0.2) is 66.7 Å². The Morgan fingerprint density at radius 2 is 1.55 bits per heavy atom. The van der Waals surface area contributed by atoms with Gasteiger partial charge in [0.05, 0.1) is 6.04 Å². The third-order valence-electron chi connectivity index (χ3n) is 5.52. The number of aryl methyl sites for hydroxylation is 1. The highest BCUT2D eigenvalue weighted by Gasteiger charge is 2.44. The van der Waals surface area contributed by atoms with Crippen LogP contribution in [0.3, 0.4) is 0 Å². The smallest absolute Gasteiger partial charge is 0.457 e. The molecule has 3 aromatic rings. The van der Waals surface area contributed by atoms with Crippen molar-refractivity contribution in [1.82, 2.24) is 5.32 Å². The van der Waals surface area contributed by atoms with Crippen LogP contribution in [0.4, 0.5) is 30.7 Å². The van der Waals surface area contributed by atoms with Crippen LogP contribution in [0.5, 0.6) is 17.2 Å². The van der Waals surface area contributed by atoms with E-state index < -0.39 is 36.5 Å². The Hall–Kier alpha value is -3.02. The van der Waals surface area contributed by atoms with E-state index in [1.54, 1.807) is 24.3 Å². The lowest BCUT2D eigenvalue weighted by atomic mass is 9.98. The molecule has 206 valence electrons. The molecule has 0 saturated carbocycles. The summed E-state index contributed by atoms with van der Waals surface area (Å²) in [6, 6.07) is 11.8. The first-order valence-electron chi connectivity index (χ1n) is 11.4. The minimum absolute atomic E-state index is 0.147. The molecular formula is C26H24ClF7N2O2. The SMILES string of the molecule is CCc1cc(Oc2cccc(C(NCc3cccc(OC(F)(F)C(F)F)c3)C(N)C(F)(F)F)c2)ccc1Cl. The molecule has 0 heterocycles. The van der Waals surface area contributed by atoms with Gasteiger partial charge in [0, 0.05) is 11.6 Å². The summed E-state index contributed by atoms with van der Waals surface area (Å²) in [5.74, 6) is 0.110. The molecule has 12 heteroatoms. The second-order valence-corrected chi connectivity index (χ2v) is 8.73. The normalized spacial score (nSPS) is 13.9. The molecule has 0 amide bonds. The maximum absolute atomic E-state index is 13.6. The Bertz CT molecular complexity index is 1220. The lowest BCUT2D eigenvalue weighted by Crippen LogP contribution is -2.47. The van der Waals surface area contributed by atoms with Crippen molar-refractivity contribution in [2.75, 3.05) is 0 Å². The van der Waals surface area contributed by atoms with E-state index in [2.05, 4.69) is 10.1 Å². The van der Waals surface area contributed by atoms with Crippen molar-refractivity contribution in [2.45, 2.75) is 50.7 Å². The summed E-state index contributed by atoms with van der Waals surface area (Å²) in [5.41, 5.74) is 6.72. The van der Waals surface area contributed by atoms with Gasteiger partial charge in [-0.2, -0.15) is 30.7 Å². The Balaban J connectivity index is 1.83. The summed E-state index contributed by atoms with van der Waals surface area (Å²) < 4.78 is 102. The second kappa shape index (κ2) is 12.2. The van der Waals surface area contributed by atoms with Crippen LogP contribution in [0.2, 0.25) is 5.02 Å². The number of rotatable bonds is 11. The van der Waals surface area contributed by atoms with Crippen molar-refractivity contribution >= 4 is 11.6 Å². The van der Waals surface area contributed by atoms with Crippen LogP contribution in [0, 0.1) is 0 Å². The number of alkyl halides is 7. The van der Waals surface area contributed by atoms with Crippen molar-refractivity contribution in [3.63, 3.8) is 0 Å². The molecule has 0 fully saturated rings. The Kier molecular flexibility index (Phi) is 9.50. The molecule has 2 atom stereocenters. The number of nitrogens with one attached hydrogen (secondary N) is 1. The van der Waals surface area contributed by atoms with Crippen molar-refractivity contribution < 1.29 is 40.2 Å². The lowest BCUT2D eigenvalue weighted by Gasteiger charge is -2.28. The van der Waals surface area contributed by atoms with Gasteiger partial charge in [-0.05, 0) is 65.6 Å². The fourth-order valence-corrected chi connectivity index (χ4v) is 3.83. The molecule has 0 spiro atoms. The van der Waals surface area contributed by atoms with E-state index in [0.717, 1.165) is 17.7 Å². The largest absolute Gasteiger partial charge is 0.461 e. The molecule has 3 rings (SSSR count). The zero-order valence-electron chi connectivity index (χ0n) is 19.9. The third-order valence-corrected chi connectivity index (χ3v) is 5.89. The molecule has 0 bridgehead atoms. The molecule has 38 heavy (non-hydrogen) atoms. The van der Waals surface area contributed by atoms with Crippen LogP contribution < -0.4 is 20.5 Å². The van der Waals surface area contributed by atoms with E-state index in [1.807, 2.05) is 6.92 Å². The average Bonchev–Trinajstić information content (AvgIpc) is 2.85. The van der Waals surface area contributed by atoms with Gasteiger partial charge in [-0.3, -0.25) is 0 Å². The van der Waals surface area contributed by atoms with Crippen LogP contribution in [-0.2, 0) is 13.0 Å². The number of benzene rings is 3. The van der Waals surface area contributed by atoms with Gasteiger partial charge in [-0.15, -0.1) is 0 Å². The first-order valence-corrected chi connectivity index (χ1v) is 11.7. The molecule has 0 saturated heterocycles. The van der Waals surface area contributed by atoms with Crippen LogP contribution >= 0.6 is 11.6 Å². The van der Waals surface area contributed by atoms with Gasteiger partial charge >= 0.3 is 18.7 Å². The predicted octanol–water partition coefficient (Wildman–Crippen LogP) is 7.65. The Morgan fingerprint density at radius 1 is 0.895 bits per heavy atom. The Morgan fingerprint density at radius 3 is 2.21 bits per heavy atom. The molecule has 3 aromatic carbocycles. The summed E-state index contributed by atoms with van der Waals surface area (Å²) in [6.07, 6.45) is -12.9. The van der Waals surface area contributed by atoms with Crippen molar-refractivity contribution in [3.05, 3.63) is 88.4 Å². The molecular weight excluding hydrogens is 541 g/mol. The van der Waals surface area contributed by atoms with Gasteiger partial charge in [0.25, 0.3) is 0 Å². The van der Waals surface area contributed by atoms with Gasteiger partial charge in [-0.1, -0.05) is 42.8 Å². The van der Waals surface area contributed by atoms with Gasteiger partial charge < -0.3 is 20.5 Å². The number of ether oxygens (including phenoxy) is 2. The van der Waals surface area contributed by atoms with Crippen molar-refractivity contribution in [3.8, 4) is 17.2 Å². The van der Waals surface area contributed by atoms with E-state index in [1.165, 1.54) is 30.3 Å². The number of hydrogen-bond acceptors (Lipinski definition) is 4. The van der Waals surface area contributed by atoms with Gasteiger partial charge in [0.15, 0.2) is 0 Å². The van der Waals surface area contributed by atoms with E-state index >= 15 is 0 Å². The summed E-state index contributed by atoms with van der Waals surface area (Å²) in [5, 5.41) is 3.24. The molecule has 3 N–H and O–H groups in total. The maximum Gasteiger partial charge on any atom is 0.461 e. The number of nitrogens with two attached hydrogens (primary N) is 1. The summed E-state index contributed by atoms with van der Waals surface area (Å²) >= 11 is 6.12. The zero-order chi connectivity index (χ0) is 28.1. The first-order chi connectivity index (χ1) is 17.8. The fourth-order valence-electron chi connectivity index (χ4n) is 3.58. The topological polar surface area (TPSA) is 56.5 Å². The highest BCUT2D eigenvalue weighted by molar-refractivity contribution is 6.31. The summed E-state index contributed by atoms with van der Waals surface area (Å²) in [6.45, 7) is 1.64. The minimum Gasteiger partial charge on any atom is -0.457 e. The van der Waals surface area contributed by atoms with E-state index in [0.29, 0.717) is 17.2 Å². The van der Waals surface area contributed by atoms with Crippen molar-refractivity contribution in [1.29, 1.82) is 0 Å². The number of hydrogen-bond donors (Lipinski definition) is 2. The standard InChI is InChI=1S/C26H24ClF7N2O2/c1-2-16-12-19(9-10-21(16)27)37-18-7-4-6-17(13-18)22(23(35)25(30,31)32)36-14-15-5-3-8-20(11-15)38-26(33,34)24(28)29/h3-13,22-24,36H,2,14,35H2,1H3. The molecule has 0 aliphatic rings.